The summed E-state index contributed by atoms with van der Waals surface area (Å²) in [5.74, 6) is -0.234. The second-order valence-electron chi connectivity index (χ2n) is 6.94. The summed E-state index contributed by atoms with van der Waals surface area (Å²) in [6, 6.07) is 23.4. The van der Waals surface area contributed by atoms with Crippen LogP contribution in [0.25, 0.3) is 22.5 Å². The van der Waals surface area contributed by atoms with Crippen LogP contribution >= 0.6 is 11.6 Å². The molecule has 0 bridgehead atoms. The predicted octanol–water partition coefficient (Wildman–Crippen LogP) is 5.33. The molecule has 5 rings (SSSR count). The minimum atomic E-state index is -0.513. The van der Waals surface area contributed by atoms with Crippen molar-refractivity contribution in [3.05, 3.63) is 100 Å². The highest BCUT2D eigenvalue weighted by Crippen LogP contribution is 2.28. The van der Waals surface area contributed by atoms with Crippen LogP contribution in [0.4, 0.5) is 0 Å². The molecule has 4 aromatic rings. The Hall–Kier alpha value is -3.70. The van der Waals surface area contributed by atoms with Gasteiger partial charge in [-0.3, -0.25) is 0 Å². The number of halogens is 1. The number of aromatic nitrogens is 2. The first-order valence-electron chi connectivity index (χ1n) is 9.42. The highest BCUT2D eigenvalue weighted by Gasteiger charge is 2.26. The van der Waals surface area contributed by atoms with Gasteiger partial charge in [0.05, 0.1) is 11.4 Å². The van der Waals surface area contributed by atoms with Gasteiger partial charge in [0.25, 0.3) is 0 Å². The van der Waals surface area contributed by atoms with E-state index in [2.05, 4.69) is 10.1 Å². The third-order valence-electron chi connectivity index (χ3n) is 4.95. The molecule has 146 valence electrons. The van der Waals surface area contributed by atoms with Crippen LogP contribution in [-0.4, -0.2) is 21.6 Å². The van der Waals surface area contributed by atoms with Crippen LogP contribution in [0.1, 0.15) is 16.8 Å². The van der Waals surface area contributed by atoms with Gasteiger partial charge >= 0.3 is 5.97 Å². The Bertz CT molecular complexity index is 1350. The topological polar surface area (TPSA) is 56.5 Å². The molecule has 0 amide bonds. The van der Waals surface area contributed by atoms with Gasteiger partial charge in [-0.05, 0) is 48.0 Å². The van der Waals surface area contributed by atoms with E-state index in [1.54, 1.807) is 10.8 Å². The van der Waals surface area contributed by atoms with Crippen molar-refractivity contribution < 1.29 is 9.53 Å². The first-order chi connectivity index (χ1) is 14.6. The average Bonchev–Trinajstić information content (AvgIpc) is 3.28. The molecule has 0 saturated heterocycles. The second kappa shape index (κ2) is 7.28. The van der Waals surface area contributed by atoms with Crippen molar-refractivity contribution >= 4 is 40.3 Å². The van der Waals surface area contributed by atoms with Crippen LogP contribution in [0.2, 0.25) is 5.15 Å². The lowest BCUT2D eigenvalue weighted by Crippen LogP contribution is -2.05. The van der Waals surface area contributed by atoms with Crippen molar-refractivity contribution in [2.75, 3.05) is 0 Å². The Labute approximate surface area is 177 Å². The summed E-state index contributed by atoms with van der Waals surface area (Å²) in [6.45, 7) is 1.84. The number of hydrogen-bond donors (Lipinski definition) is 0. The molecule has 6 heteroatoms. The number of benzene rings is 3. The molecule has 0 aliphatic carbocycles. The monoisotopic (exact) mass is 413 g/mol. The molecule has 1 aromatic heterocycles. The molecule has 0 radical (unpaired) electrons. The van der Waals surface area contributed by atoms with Crippen LogP contribution in [0, 0.1) is 6.92 Å². The lowest BCUT2D eigenvalue weighted by molar-refractivity contribution is -0.129. The summed E-state index contributed by atoms with van der Waals surface area (Å²) in [4.78, 5) is 16.9. The molecule has 0 N–H and O–H groups in total. The summed E-state index contributed by atoms with van der Waals surface area (Å²) < 4.78 is 7.06. The molecule has 2 heterocycles. The molecule has 0 fully saturated rings. The zero-order chi connectivity index (χ0) is 20.7. The van der Waals surface area contributed by atoms with Crippen LogP contribution in [-0.2, 0) is 9.53 Å². The van der Waals surface area contributed by atoms with Crippen LogP contribution in [0.3, 0.4) is 0 Å². The summed E-state index contributed by atoms with van der Waals surface area (Å²) in [5, 5.41) is 7.07. The van der Waals surface area contributed by atoms with Gasteiger partial charge < -0.3 is 4.74 Å². The minimum absolute atomic E-state index is 0.191. The molecule has 0 saturated carbocycles. The van der Waals surface area contributed by atoms with Crippen molar-refractivity contribution in [3.8, 4) is 5.69 Å². The second-order valence-corrected chi connectivity index (χ2v) is 7.29. The molecule has 0 spiro atoms. The average molecular weight is 414 g/mol. The third kappa shape index (κ3) is 3.19. The third-order valence-corrected chi connectivity index (χ3v) is 5.31. The van der Waals surface area contributed by atoms with Gasteiger partial charge in [-0.15, -0.1) is 0 Å². The van der Waals surface area contributed by atoms with E-state index in [4.69, 9.17) is 16.3 Å². The molecule has 3 aromatic carbocycles. The highest BCUT2D eigenvalue weighted by molar-refractivity contribution is 6.31. The summed E-state index contributed by atoms with van der Waals surface area (Å²) >= 11 is 6.56. The number of carbonyl (C=O) groups excluding carboxylic acids is 1. The zero-order valence-corrected chi connectivity index (χ0v) is 16.8. The number of esters is 1. The van der Waals surface area contributed by atoms with Gasteiger partial charge in [0.2, 0.25) is 5.90 Å². The number of nitrogens with zero attached hydrogens (tertiary/aromatic N) is 3. The number of rotatable bonds is 3. The Balaban J connectivity index is 1.53. The maximum absolute atomic E-state index is 12.4. The molecule has 30 heavy (non-hydrogen) atoms. The lowest BCUT2D eigenvalue weighted by atomic mass is 10.1. The first kappa shape index (κ1) is 18.3. The van der Waals surface area contributed by atoms with E-state index in [1.165, 1.54) is 0 Å². The van der Waals surface area contributed by atoms with Gasteiger partial charge in [-0.25, -0.2) is 14.5 Å². The highest BCUT2D eigenvalue weighted by atomic mass is 35.5. The molecular formula is C24H16ClN3O2. The Morgan fingerprint density at radius 1 is 0.967 bits per heavy atom. The van der Waals surface area contributed by atoms with Gasteiger partial charge in [0, 0.05) is 11.1 Å². The maximum Gasteiger partial charge on any atom is 0.363 e. The SMILES string of the molecule is Cc1nn(-c2ccccc2)c(Cl)c1/C=C1\N=C(c2ccc3ccccc3c2)OC1=O. The van der Waals surface area contributed by atoms with E-state index in [-0.39, 0.29) is 11.6 Å². The number of para-hydroxylation sites is 1. The normalized spacial score (nSPS) is 14.9. The molecule has 5 nitrogen and oxygen atoms in total. The van der Waals surface area contributed by atoms with Crippen molar-refractivity contribution in [1.29, 1.82) is 0 Å². The Kier molecular flexibility index (Phi) is 4.45. The van der Waals surface area contributed by atoms with Gasteiger partial charge in [-0.2, -0.15) is 5.10 Å². The molecule has 0 atom stereocenters. The maximum atomic E-state index is 12.4. The molecule has 1 aliphatic heterocycles. The number of fused-ring (bicyclic) bond motifs is 1. The fraction of sp³-hybridized carbons (Fsp3) is 0.0417. The van der Waals surface area contributed by atoms with E-state index in [1.807, 2.05) is 79.7 Å². The van der Waals surface area contributed by atoms with Gasteiger partial charge in [-0.1, -0.05) is 60.1 Å². The van der Waals surface area contributed by atoms with Crippen LogP contribution in [0.15, 0.2) is 83.5 Å². The lowest BCUT2D eigenvalue weighted by Gasteiger charge is -2.02. The van der Waals surface area contributed by atoms with E-state index in [0.717, 1.165) is 22.0 Å². The molecule has 1 aliphatic rings. The number of ether oxygens (including phenoxy) is 1. The van der Waals surface area contributed by atoms with Crippen molar-refractivity contribution in [3.63, 3.8) is 0 Å². The predicted molar refractivity (Wildman–Crippen MR) is 118 cm³/mol. The zero-order valence-electron chi connectivity index (χ0n) is 16.0. The minimum Gasteiger partial charge on any atom is -0.402 e. The summed E-state index contributed by atoms with van der Waals surface area (Å²) in [7, 11) is 0. The Morgan fingerprint density at radius 3 is 2.50 bits per heavy atom. The number of aliphatic imine (C=N–C) groups is 1. The van der Waals surface area contributed by atoms with Gasteiger partial charge in [0.1, 0.15) is 5.15 Å². The summed E-state index contributed by atoms with van der Waals surface area (Å²) in [5.41, 5.74) is 3.10. The quantitative estimate of drug-likeness (QED) is 0.337. The van der Waals surface area contributed by atoms with Crippen molar-refractivity contribution in [1.82, 2.24) is 9.78 Å². The smallest absolute Gasteiger partial charge is 0.363 e. The molecular weight excluding hydrogens is 398 g/mol. The number of cyclic esters (lactones) is 1. The van der Waals surface area contributed by atoms with Crippen molar-refractivity contribution in [2.45, 2.75) is 6.92 Å². The number of aryl methyl sites for hydroxylation is 1. The van der Waals surface area contributed by atoms with E-state index in [0.29, 0.717) is 16.4 Å². The number of carbonyl (C=O) groups is 1. The summed E-state index contributed by atoms with van der Waals surface area (Å²) in [6.07, 6.45) is 1.63. The fourth-order valence-electron chi connectivity index (χ4n) is 3.41. The van der Waals surface area contributed by atoms with E-state index in [9.17, 15) is 4.79 Å². The first-order valence-corrected chi connectivity index (χ1v) is 9.80. The van der Waals surface area contributed by atoms with E-state index < -0.39 is 5.97 Å². The number of hydrogen-bond acceptors (Lipinski definition) is 4. The van der Waals surface area contributed by atoms with Gasteiger partial charge in [0.15, 0.2) is 5.70 Å². The van der Waals surface area contributed by atoms with Crippen molar-refractivity contribution in [2.24, 2.45) is 4.99 Å². The largest absolute Gasteiger partial charge is 0.402 e. The Morgan fingerprint density at radius 2 is 1.70 bits per heavy atom. The standard InChI is InChI=1S/C24H16ClN3O2/c1-15-20(22(25)28(27-15)19-9-3-2-4-10-19)14-21-24(29)30-23(26-21)18-12-11-16-7-5-6-8-17(16)13-18/h2-14H,1H3/b21-14-. The van der Waals surface area contributed by atoms with Crippen LogP contribution < -0.4 is 0 Å². The fourth-order valence-corrected chi connectivity index (χ4v) is 3.73. The molecule has 0 unspecified atom stereocenters. The van der Waals surface area contributed by atoms with E-state index >= 15 is 0 Å². The van der Waals surface area contributed by atoms with Crippen LogP contribution in [0.5, 0.6) is 0 Å².